The van der Waals surface area contributed by atoms with Gasteiger partial charge in [-0.15, -0.1) is 0 Å². The summed E-state index contributed by atoms with van der Waals surface area (Å²) in [4.78, 5) is 14.5. The number of thioether (sulfide) groups is 1. The third-order valence-electron chi connectivity index (χ3n) is 4.63. The van der Waals surface area contributed by atoms with E-state index in [9.17, 15) is 13.2 Å². The average molecular weight is 483 g/mol. The van der Waals surface area contributed by atoms with Gasteiger partial charge in [-0.1, -0.05) is 52.3 Å². The highest BCUT2D eigenvalue weighted by Gasteiger charge is 2.30. The van der Waals surface area contributed by atoms with Crippen molar-refractivity contribution in [2.45, 2.75) is 11.3 Å². The lowest BCUT2D eigenvalue weighted by atomic mass is 10.2. The number of amides is 1. The summed E-state index contributed by atoms with van der Waals surface area (Å²) in [5, 5.41) is 0. The Morgan fingerprint density at radius 1 is 1.00 bits per heavy atom. The number of piperazine rings is 1. The minimum absolute atomic E-state index is 0.0811. The number of rotatable bonds is 7. The molecule has 1 saturated heterocycles. The van der Waals surface area contributed by atoms with Crippen LogP contribution in [0.5, 0.6) is 0 Å². The van der Waals surface area contributed by atoms with Crippen LogP contribution < -0.4 is 0 Å². The quantitative estimate of drug-likeness (QED) is 0.568. The molecule has 0 radical (unpaired) electrons. The van der Waals surface area contributed by atoms with Crippen molar-refractivity contribution in [3.63, 3.8) is 0 Å². The van der Waals surface area contributed by atoms with Crippen molar-refractivity contribution in [3.05, 3.63) is 64.6 Å². The van der Waals surface area contributed by atoms with E-state index in [2.05, 4.69) is 28.1 Å². The summed E-state index contributed by atoms with van der Waals surface area (Å²) in [5.41, 5.74) is 1.27. The highest BCUT2D eigenvalue weighted by molar-refractivity contribution is 9.10. The molecular formula is C20H23BrN2O3S2. The highest BCUT2D eigenvalue weighted by atomic mass is 79.9. The second-order valence-corrected chi connectivity index (χ2v) is 10.5. The fraction of sp³-hybridized carbons (Fsp3) is 0.350. The van der Waals surface area contributed by atoms with Gasteiger partial charge in [0.15, 0.2) is 0 Å². The Balaban J connectivity index is 1.45. The smallest absolute Gasteiger partial charge is 0.243 e. The minimum Gasteiger partial charge on any atom is -0.339 e. The zero-order valence-corrected chi connectivity index (χ0v) is 18.7. The first-order chi connectivity index (χ1) is 13.5. The van der Waals surface area contributed by atoms with Crippen LogP contribution in [0.15, 0.2) is 64.0 Å². The first-order valence-electron chi connectivity index (χ1n) is 9.12. The molecule has 8 heteroatoms. The van der Waals surface area contributed by atoms with E-state index in [1.165, 1.54) is 9.87 Å². The normalized spacial score (nSPS) is 15.5. The Morgan fingerprint density at radius 3 is 2.39 bits per heavy atom. The minimum atomic E-state index is -3.53. The van der Waals surface area contributed by atoms with Crippen LogP contribution in [-0.2, 0) is 21.2 Å². The lowest BCUT2D eigenvalue weighted by molar-refractivity contribution is -0.129. The molecule has 0 saturated carbocycles. The number of carbonyl (C=O) groups is 1. The van der Waals surface area contributed by atoms with Crippen LogP contribution in [0.1, 0.15) is 5.56 Å². The van der Waals surface area contributed by atoms with E-state index in [0.717, 1.165) is 16.6 Å². The molecule has 1 aliphatic heterocycles. The maximum absolute atomic E-state index is 12.8. The van der Waals surface area contributed by atoms with Gasteiger partial charge in [-0.3, -0.25) is 4.79 Å². The van der Waals surface area contributed by atoms with Crippen molar-refractivity contribution in [1.82, 2.24) is 9.21 Å². The molecule has 5 nitrogen and oxygen atoms in total. The number of hydrogen-bond acceptors (Lipinski definition) is 4. The molecule has 2 aromatic rings. The number of halogens is 1. The van der Waals surface area contributed by atoms with E-state index < -0.39 is 10.0 Å². The molecule has 0 unspecified atom stereocenters. The van der Waals surface area contributed by atoms with Crippen LogP contribution in [-0.4, -0.2) is 61.2 Å². The number of benzene rings is 2. The molecule has 3 rings (SSSR count). The molecule has 1 amide bonds. The topological polar surface area (TPSA) is 57.7 Å². The van der Waals surface area contributed by atoms with Crippen molar-refractivity contribution in [3.8, 4) is 0 Å². The van der Waals surface area contributed by atoms with Crippen LogP contribution in [0.3, 0.4) is 0 Å². The fourth-order valence-electron chi connectivity index (χ4n) is 3.04. The molecular weight excluding hydrogens is 460 g/mol. The number of nitrogens with zero attached hydrogens (tertiary/aromatic N) is 2. The molecule has 0 bridgehead atoms. The van der Waals surface area contributed by atoms with E-state index >= 15 is 0 Å². The van der Waals surface area contributed by atoms with Gasteiger partial charge in [0, 0.05) is 30.7 Å². The van der Waals surface area contributed by atoms with Crippen molar-refractivity contribution in [2.24, 2.45) is 0 Å². The van der Waals surface area contributed by atoms with Gasteiger partial charge in [0.1, 0.15) is 0 Å². The number of aryl methyl sites for hydroxylation is 1. The summed E-state index contributed by atoms with van der Waals surface area (Å²) in [7, 11) is -3.53. The van der Waals surface area contributed by atoms with Crippen LogP contribution in [0.2, 0.25) is 0 Å². The lowest BCUT2D eigenvalue weighted by Crippen LogP contribution is -2.51. The van der Waals surface area contributed by atoms with Crippen molar-refractivity contribution in [1.29, 1.82) is 0 Å². The first kappa shape index (κ1) is 21.4. The molecule has 1 aliphatic rings. The summed E-state index contributed by atoms with van der Waals surface area (Å²) in [5.74, 6) is 1.41. The molecule has 0 atom stereocenters. The predicted octanol–water partition coefficient (Wildman–Crippen LogP) is 3.26. The van der Waals surface area contributed by atoms with Gasteiger partial charge >= 0.3 is 0 Å². The Labute approximate surface area is 179 Å². The van der Waals surface area contributed by atoms with Gasteiger partial charge in [-0.25, -0.2) is 8.42 Å². The Morgan fingerprint density at radius 2 is 1.71 bits per heavy atom. The number of sulfonamides is 1. The summed E-state index contributed by atoms with van der Waals surface area (Å²) in [6.07, 6.45) is 0.942. The van der Waals surface area contributed by atoms with E-state index in [4.69, 9.17) is 0 Å². The standard InChI is InChI=1S/C20H23BrN2O3S2/c21-18-7-4-8-19(15-18)28(25,26)23-12-10-22(11-13-23)20(24)16-27-14-9-17-5-2-1-3-6-17/h1-8,15H,9-14,16H2. The molecule has 0 spiro atoms. The fourth-order valence-corrected chi connectivity index (χ4v) is 5.94. The SMILES string of the molecule is O=C(CSCCc1ccccc1)N1CCN(S(=O)(=O)c2cccc(Br)c2)CC1. The monoisotopic (exact) mass is 482 g/mol. The molecule has 28 heavy (non-hydrogen) atoms. The van der Waals surface area contributed by atoms with Crippen LogP contribution in [0, 0.1) is 0 Å². The van der Waals surface area contributed by atoms with Crippen molar-refractivity contribution in [2.75, 3.05) is 37.7 Å². The van der Waals surface area contributed by atoms with Gasteiger partial charge in [0.05, 0.1) is 10.6 Å². The van der Waals surface area contributed by atoms with E-state index in [1.54, 1.807) is 40.9 Å². The molecule has 0 aliphatic carbocycles. The van der Waals surface area contributed by atoms with Crippen molar-refractivity contribution >= 4 is 43.6 Å². The maximum Gasteiger partial charge on any atom is 0.243 e. The Kier molecular flexibility index (Phi) is 7.56. The molecule has 0 N–H and O–H groups in total. The third kappa shape index (κ3) is 5.59. The molecule has 1 heterocycles. The van der Waals surface area contributed by atoms with E-state index in [0.29, 0.717) is 31.9 Å². The second kappa shape index (κ2) is 9.91. The lowest BCUT2D eigenvalue weighted by Gasteiger charge is -2.34. The van der Waals surface area contributed by atoms with Crippen LogP contribution >= 0.6 is 27.7 Å². The highest BCUT2D eigenvalue weighted by Crippen LogP contribution is 2.21. The van der Waals surface area contributed by atoms with E-state index in [1.807, 2.05) is 18.2 Å². The van der Waals surface area contributed by atoms with E-state index in [-0.39, 0.29) is 10.8 Å². The van der Waals surface area contributed by atoms with Gasteiger partial charge in [0.25, 0.3) is 0 Å². The number of hydrogen-bond donors (Lipinski definition) is 0. The van der Waals surface area contributed by atoms with Crippen LogP contribution in [0.4, 0.5) is 0 Å². The summed E-state index contributed by atoms with van der Waals surface area (Å²) < 4.78 is 27.7. The second-order valence-electron chi connectivity index (χ2n) is 6.53. The third-order valence-corrected chi connectivity index (χ3v) is 7.96. The van der Waals surface area contributed by atoms with Gasteiger partial charge < -0.3 is 4.90 Å². The average Bonchev–Trinajstić information content (AvgIpc) is 2.72. The van der Waals surface area contributed by atoms with Gasteiger partial charge in [-0.05, 0) is 35.9 Å². The zero-order valence-electron chi connectivity index (χ0n) is 15.5. The van der Waals surface area contributed by atoms with Gasteiger partial charge in [0.2, 0.25) is 15.9 Å². The Hall–Kier alpha value is -1.35. The van der Waals surface area contributed by atoms with Crippen LogP contribution in [0.25, 0.3) is 0 Å². The summed E-state index contributed by atoms with van der Waals surface area (Å²) in [6, 6.07) is 16.9. The predicted molar refractivity (Wildman–Crippen MR) is 117 cm³/mol. The van der Waals surface area contributed by atoms with Gasteiger partial charge in [-0.2, -0.15) is 16.1 Å². The largest absolute Gasteiger partial charge is 0.339 e. The molecule has 2 aromatic carbocycles. The molecule has 0 aromatic heterocycles. The first-order valence-corrected chi connectivity index (χ1v) is 12.5. The zero-order chi connectivity index (χ0) is 20.0. The summed E-state index contributed by atoms with van der Waals surface area (Å²) in [6.45, 7) is 1.53. The molecule has 150 valence electrons. The molecule has 1 fully saturated rings. The summed E-state index contributed by atoms with van der Waals surface area (Å²) >= 11 is 4.94. The number of carbonyl (C=O) groups excluding carboxylic acids is 1. The van der Waals surface area contributed by atoms with Crippen molar-refractivity contribution < 1.29 is 13.2 Å². The maximum atomic E-state index is 12.8. The Bertz CT molecular complexity index is 899.